The van der Waals surface area contributed by atoms with E-state index in [0.29, 0.717) is 42.2 Å². The Balaban J connectivity index is 2.36. The van der Waals surface area contributed by atoms with Gasteiger partial charge >= 0.3 is 6.18 Å². The normalized spacial score (nSPS) is 12.3. The van der Waals surface area contributed by atoms with Crippen LogP contribution in [-0.4, -0.2) is 16.1 Å². The standard InChI is InChI=1S/C16H16F3N3O/c17-16(18,19)15-14-12(5-7-21-15)11-4-3-10(23)9-13(11)22(14)8-2-1-6-20/h3-5,7,9,21H,1-2,6,8,20H2. The zero-order chi connectivity index (χ0) is 16.6. The van der Waals surface area contributed by atoms with E-state index in [2.05, 4.69) is 4.98 Å². The molecule has 2 aromatic heterocycles. The number of nitrogens with two attached hydrogens (primary N) is 1. The van der Waals surface area contributed by atoms with Gasteiger partial charge < -0.3 is 15.3 Å². The lowest BCUT2D eigenvalue weighted by Crippen LogP contribution is -2.12. The smallest absolute Gasteiger partial charge is 0.356 e. The Hall–Kier alpha value is -2.28. The quantitative estimate of drug-likeness (QED) is 0.724. The molecule has 3 N–H and O–H groups in total. The van der Waals surface area contributed by atoms with Crippen molar-refractivity contribution in [1.29, 1.82) is 0 Å². The number of pyridine rings is 1. The highest BCUT2D eigenvalue weighted by atomic mass is 19.4. The molecular formula is C16H16F3N3O. The molecule has 0 fully saturated rings. The molecule has 0 spiro atoms. The maximum Gasteiger partial charge on any atom is 0.433 e. The summed E-state index contributed by atoms with van der Waals surface area (Å²) in [6.07, 6.45) is -1.87. The summed E-state index contributed by atoms with van der Waals surface area (Å²) in [5.41, 5.74) is 5.05. The molecule has 0 aliphatic heterocycles. The molecular weight excluding hydrogens is 307 g/mol. The molecule has 2 heterocycles. The van der Waals surface area contributed by atoms with Gasteiger partial charge in [0.1, 0.15) is 5.69 Å². The van der Waals surface area contributed by atoms with E-state index in [-0.39, 0.29) is 10.9 Å². The van der Waals surface area contributed by atoms with Crippen LogP contribution in [0.4, 0.5) is 13.2 Å². The van der Waals surface area contributed by atoms with Crippen LogP contribution in [-0.2, 0) is 12.7 Å². The number of aromatic nitrogens is 2. The predicted molar refractivity (Wildman–Crippen MR) is 83.4 cm³/mol. The van der Waals surface area contributed by atoms with Crippen LogP contribution in [0, 0.1) is 0 Å². The van der Waals surface area contributed by atoms with Crippen LogP contribution in [0.2, 0.25) is 0 Å². The van der Waals surface area contributed by atoms with E-state index < -0.39 is 11.9 Å². The van der Waals surface area contributed by atoms with E-state index in [0.717, 1.165) is 0 Å². The molecule has 3 aromatic rings. The number of H-pyrrole nitrogens is 1. The van der Waals surface area contributed by atoms with Crippen molar-refractivity contribution in [3.63, 3.8) is 0 Å². The Bertz CT molecular complexity index is 908. The first-order valence-electron chi connectivity index (χ1n) is 7.34. The Morgan fingerprint density at radius 2 is 1.91 bits per heavy atom. The summed E-state index contributed by atoms with van der Waals surface area (Å²) in [5, 5.41) is 1.13. The third kappa shape index (κ3) is 2.72. The number of unbranched alkanes of at least 4 members (excludes halogenated alkanes) is 1. The monoisotopic (exact) mass is 323 g/mol. The second-order valence-electron chi connectivity index (χ2n) is 5.44. The van der Waals surface area contributed by atoms with E-state index in [9.17, 15) is 18.0 Å². The molecule has 23 heavy (non-hydrogen) atoms. The van der Waals surface area contributed by atoms with Crippen molar-refractivity contribution in [2.24, 2.45) is 5.73 Å². The van der Waals surface area contributed by atoms with Crippen molar-refractivity contribution >= 4 is 21.8 Å². The molecule has 4 nitrogen and oxygen atoms in total. The molecule has 0 saturated heterocycles. The van der Waals surface area contributed by atoms with E-state index in [1.807, 2.05) is 0 Å². The van der Waals surface area contributed by atoms with E-state index in [1.165, 1.54) is 18.3 Å². The molecule has 0 atom stereocenters. The minimum atomic E-state index is -4.50. The Morgan fingerprint density at radius 3 is 2.61 bits per heavy atom. The number of fused-ring (bicyclic) bond motifs is 3. The van der Waals surface area contributed by atoms with Gasteiger partial charge in [-0.05, 0) is 37.6 Å². The SMILES string of the molecule is NCCCCn1c2cc(=O)ccc2c2cc[nH]c(C(F)(F)F)c21. The van der Waals surface area contributed by atoms with Crippen LogP contribution in [0.5, 0.6) is 0 Å². The third-order valence-electron chi connectivity index (χ3n) is 3.91. The molecule has 0 radical (unpaired) electrons. The molecule has 0 bridgehead atoms. The van der Waals surface area contributed by atoms with Crippen LogP contribution >= 0.6 is 0 Å². The number of hydrogen-bond acceptors (Lipinski definition) is 2. The average molecular weight is 323 g/mol. The molecule has 7 heteroatoms. The number of rotatable bonds is 4. The van der Waals surface area contributed by atoms with Crippen LogP contribution in [0.15, 0.2) is 35.3 Å². The first kappa shape index (κ1) is 15.6. The van der Waals surface area contributed by atoms with Gasteiger partial charge in [0, 0.05) is 29.6 Å². The summed E-state index contributed by atoms with van der Waals surface area (Å²) in [6, 6.07) is 5.95. The molecule has 1 aromatic carbocycles. The summed E-state index contributed by atoms with van der Waals surface area (Å²) in [6.45, 7) is 0.851. The van der Waals surface area contributed by atoms with Gasteiger partial charge in [-0.1, -0.05) is 0 Å². The number of nitrogens with zero attached hydrogens (tertiary/aromatic N) is 1. The molecule has 0 unspecified atom stereocenters. The van der Waals surface area contributed by atoms with Crippen LogP contribution in [0.25, 0.3) is 21.8 Å². The number of benzene rings is 1. The fourth-order valence-electron chi connectivity index (χ4n) is 2.93. The largest absolute Gasteiger partial charge is 0.433 e. The van der Waals surface area contributed by atoms with Gasteiger partial charge in [0.05, 0.1) is 11.0 Å². The highest BCUT2D eigenvalue weighted by Crippen LogP contribution is 2.37. The minimum absolute atomic E-state index is 0.0811. The topological polar surface area (TPSA) is 63.8 Å². The van der Waals surface area contributed by atoms with Crippen molar-refractivity contribution in [1.82, 2.24) is 9.55 Å². The van der Waals surface area contributed by atoms with Crippen molar-refractivity contribution in [3.05, 3.63) is 46.4 Å². The minimum Gasteiger partial charge on any atom is -0.356 e. The van der Waals surface area contributed by atoms with Gasteiger partial charge in [-0.2, -0.15) is 13.2 Å². The van der Waals surface area contributed by atoms with Crippen molar-refractivity contribution < 1.29 is 13.2 Å². The van der Waals surface area contributed by atoms with Crippen LogP contribution < -0.4 is 11.2 Å². The van der Waals surface area contributed by atoms with Gasteiger partial charge in [0.25, 0.3) is 0 Å². The van der Waals surface area contributed by atoms with Crippen molar-refractivity contribution in [2.45, 2.75) is 25.6 Å². The first-order valence-corrected chi connectivity index (χ1v) is 7.34. The van der Waals surface area contributed by atoms with Gasteiger partial charge in [-0.3, -0.25) is 4.79 Å². The average Bonchev–Trinajstić information content (AvgIpc) is 2.80. The molecule has 0 saturated carbocycles. The second-order valence-corrected chi connectivity index (χ2v) is 5.44. The zero-order valence-electron chi connectivity index (χ0n) is 12.3. The number of hydrogen-bond donors (Lipinski definition) is 2. The number of nitrogens with one attached hydrogen (secondary N) is 1. The number of aromatic amines is 1. The Morgan fingerprint density at radius 1 is 1.13 bits per heavy atom. The lowest BCUT2D eigenvalue weighted by molar-refractivity contribution is -0.140. The first-order chi connectivity index (χ1) is 10.9. The Kier molecular flexibility index (Phi) is 3.89. The fourth-order valence-corrected chi connectivity index (χ4v) is 2.93. The van der Waals surface area contributed by atoms with Gasteiger partial charge in [0.15, 0.2) is 5.43 Å². The van der Waals surface area contributed by atoms with Gasteiger partial charge in [-0.15, -0.1) is 0 Å². The van der Waals surface area contributed by atoms with E-state index >= 15 is 0 Å². The van der Waals surface area contributed by atoms with E-state index in [4.69, 9.17) is 5.73 Å². The highest BCUT2D eigenvalue weighted by Gasteiger charge is 2.35. The van der Waals surface area contributed by atoms with Crippen molar-refractivity contribution in [3.8, 4) is 0 Å². The molecule has 3 rings (SSSR count). The lowest BCUT2D eigenvalue weighted by Gasteiger charge is -2.12. The van der Waals surface area contributed by atoms with Gasteiger partial charge in [-0.25, -0.2) is 0 Å². The molecule has 0 amide bonds. The summed E-state index contributed by atoms with van der Waals surface area (Å²) in [5.74, 6) is 0. The lowest BCUT2D eigenvalue weighted by atomic mass is 10.1. The third-order valence-corrected chi connectivity index (χ3v) is 3.91. The molecule has 122 valence electrons. The number of alkyl halides is 3. The number of halogens is 3. The maximum atomic E-state index is 13.4. The highest BCUT2D eigenvalue weighted by molar-refractivity contribution is 6.08. The van der Waals surface area contributed by atoms with Crippen LogP contribution in [0.1, 0.15) is 18.5 Å². The Labute approximate surface area is 129 Å². The fraction of sp³-hybridized carbons (Fsp3) is 0.312. The second kappa shape index (κ2) is 5.73. The summed E-state index contributed by atoms with van der Waals surface area (Å²) < 4.78 is 41.7. The van der Waals surface area contributed by atoms with Crippen molar-refractivity contribution in [2.75, 3.05) is 6.54 Å². The summed E-state index contributed by atoms with van der Waals surface area (Å²) in [4.78, 5) is 14.0. The summed E-state index contributed by atoms with van der Waals surface area (Å²) >= 11 is 0. The number of aryl methyl sites for hydroxylation is 1. The summed E-state index contributed by atoms with van der Waals surface area (Å²) in [7, 11) is 0. The van der Waals surface area contributed by atoms with Gasteiger partial charge in [0.2, 0.25) is 0 Å². The zero-order valence-corrected chi connectivity index (χ0v) is 12.3. The maximum absolute atomic E-state index is 13.4. The van der Waals surface area contributed by atoms with Crippen LogP contribution in [0.3, 0.4) is 0 Å². The van der Waals surface area contributed by atoms with E-state index in [1.54, 1.807) is 16.7 Å². The predicted octanol–water partition coefficient (Wildman–Crippen LogP) is 3.24. The molecule has 0 aliphatic carbocycles. The molecule has 0 aliphatic rings.